The van der Waals surface area contributed by atoms with Gasteiger partial charge < -0.3 is 5.73 Å². The van der Waals surface area contributed by atoms with Gasteiger partial charge in [-0.2, -0.15) is 5.26 Å². The Morgan fingerprint density at radius 1 is 1.42 bits per heavy atom. The lowest BCUT2D eigenvalue weighted by Gasteiger charge is -2.33. The van der Waals surface area contributed by atoms with Gasteiger partial charge in [0.2, 0.25) is 0 Å². The van der Waals surface area contributed by atoms with Crippen LogP contribution >= 0.6 is 0 Å². The summed E-state index contributed by atoms with van der Waals surface area (Å²) in [5.74, 6) is 0.446. The molecule has 0 aromatic heterocycles. The molecule has 1 aliphatic rings. The predicted octanol–water partition coefficient (Wildman–Crippen LogP) is 2.20. The second-order valence-electron chi connectivity index (χ2n) is 3.84. The fraction of sp³-hybridized carbons (Fsp3) is 0.900. The highest BCUT2D eigenvalue weighted by molar-refractivity contribution is 5.08. The second-order valence-corrected chi connectivity index (χ2v) is 3.84. The van der Waals surface area contributed by atoms with Gasteiger partial charge in [0, 0.05) is 0 Å². The van der Waals surface area contributed by atoms with E-state index in [4.69, 9.17) is 11.0 Å². The third-order valence-electron chi connectivity index (χ3n) is 3.13. The van der Waals surface area contributed by atoms with Crippen molar-refractivity contribution in [3.8, 4) is 6.07 Å². The molecule has 2 nitrogen and oxygen atoms in total. The molecule has 0 heterocycles. The van der Waals surface area contributed by atoms with E-state index >= 15 is 0 Å². The van der Waals surface area contributed by atoms with Crippen LogP contribution in [0.5, 0.6) is 0 Å². The van der Waals surface area contributed by atoms with Gasteiger partial charge in [0.25, 0.3) is 0 Å². The number of nitrogens with two attached hydrogens (primary N) is 1. The first-order chi connectivity index (χ1) is 5.73. The Labute approximate surface area is 74.8 Å². The van der Waals surface area contributed by atoms with Crippen molar-refractivity contribution in [1.29, 1.82) is 5.26 Å². The molecule has 0 amide bonds. The third-order valence-corrected chi connectivity index (χ3v) is 3.13. The zero-order valence-corrected chi connectivity index (χ0v) is 7.84. The predicted molar refractivity (Wildman–Crippen MR) is 49.4 cm³/mol. The molecule has 1 unspecified atom stereocenters. The molecule has 1 aliphatic carbocycles. The Hall–Kier alpha value is -0.550. The molecule has 2 N–H and O–H groups in total. The number of hydrogen-bond donors (Lipinski definition) is 1. The van der Waals surface area contributed by atoms with Crippen molar-refractivity contribution >= 4 is 0 Å². The average Bonchev–Trinajstić information content (AvgIpc) is 2.18. The van der Waals surface area contributed by atoms with E-state index < -0.39 is 5.54 Å². The third kappa shape index (κ3) is 1.78. The van der Waals surface area contributed by atoms with Crippen LogP contribution < -0.4 is 5.73 Å². The molecule has 1 atom stereocenters. The second kappa shape index (κ2) is 3.91. The number of nitrogens with zero attached hydrogens (tertiary/aromatic N) is 1. The minimum Gasteiger partial charge on any atom is -0.313 e. The van der Waals surface area contributed by atoms with E-state index in [-0.39, 0.29) is 0 Å². The van der Waals surface area contributed by atoms with Crippen LogP contribution in [0.1, 0.15) is 45.4 Å². The maximum Gasteiger partial charge on any atom is 0.106 e. The maximum atomic E-state index is 8.96. The number of rotatable bonds is 2. The van der Waals surface area contributed by atoms with E-state index in [9.17, 15) is 0 Å². The Kier molecular flexibility index (Phi) is 3.11. The highest BCUT2D eigenvalue weighted by Crippen LogP contribution is 2.32. The van der Waals surface area contributed by atoms with E-state index in [0.717, 1.165) is 19.3 Å². The maximum absolute atomic E-state index is 8.96. The summed E-state index contributed by atoms with van der Waals surface area (Å²) in [4.78, 5) is 0. The zero-order chi connectivity index (χ0) is 9.03. The van der Waals surface area contributed by atoms with E-state index in [0.29, 0.717) is 5.92 Å². The topological polar surface area (TPSA) is 49.8 Å². The zero-order valence-electron chi connectivity index (χ0n) is 7.84. The summed E-state index contributed by atoms with van der Waals surface area (Å²) < 4.78 is 0. The summed E-state index contributed by atoms with van der Waals surface area (Å²) >= 11 is 0. The van der Waals surface area contributed by atoms with Crippen LogP contribution in [0.3, 0.4) is 0 Å². The molecule has 1 fully saturated rings. The van der Waals surface area contributed by atoms with Crippen LogP contribution in [0.4, 0.5) is 0 Å². The number of hydrogen-bond acceptors (Lipinski definition) is 2. The smallest absolute Gasteiger partial charge is 0.106 e. The fourth-order valence-corrected chi connectivity index (χ4v) is 2.08. The Morgan fingerprint density at radius 3 is 2.42 bits per heavy atom. The average molecular weight is 166 g/mol. The molecule has 1 rings (SSSR count). The van der Waals surface area contributed by atoms with Crippen LogP contribution in [0.25, 0.3) is 0 Å². The summed E-state index contributed by atoms with van der Waals surface area (Å²) in [6.07, 6.45) is 6.92. The lowest BCUT2D eigenvalue weighted by atomic mass is 9.75. The quantitative estimate of drug-likeness (QED) is 0.683. The fourth-order valence-electron chi connectivity index (χ4n) is 2.08. The van der Waals surface area contributed by atoms with Crippen molar-refractivity contribution in [1.82, 2.24) is 0 Å². The summed E-state index contributed by atoms with van der Waals surface area (Å²) in [5.41, 5.74) is 5.47. The van der Waals surface area contributed by atoms with E-state index in [1.54, 1.807) is 0 Å². The van der Waals surface area contributed by atoms with Crippen LogP contribution in [-0.2, 0) is 0 Å². The molecule has 0 spiro atoms. The van der Waals surface area contributed by atoms with Gasteiger partial charge in [-0.15, -0.1) is 0 Å². The molecule has 1 saturated carbocycles. The van der Waals surface area contributed by atoms with Crippen molar-refractivity contribution in [2.45, 2.75) is 51.0 Å². The lowest BCUT2D eigenvalue weighted by molar-refractivity contribution is 0.248. The van der Waals surface area contributed by atoms with Crippen molar-refractivity contribution in [2.24, 2.45) is 11.7 Å². The number of nitriles is 1. The lowest BCUT2D eigenvalue weighted by Crippen LogP contribution is -2.46. The monoisotopic (exact) mass is 166 g/mol. The van der Waals surface area contributed by atoms with E-state index in [1.807, 2.05) is 6.92 Å². The van der Waals surface area contributed by atoms with Gasteiger partial charge in [0.1, 0.15) is 5.54 Å². The van der Waals surface area contributed by atoms with Crippen molar-refractivity contribution < 1.29 is 0 Å². The molecule has 68 valence electrons. The SMILES string of the molecule is CCC(N)(C#N)C1CCCCC1. The van der Waals surface area contributed by atoms with Crippen LogP contribution in [0, 0.1) is 17.2 Å². The molecule has 0 radical (unpaired) electrons. The molecular weight excluding hydrogens is 148 g/mol. The molecule has 12 heavy (non-hydrogen) atoms. The Bertz CT molecular complexity index is 177. The highest BCUT2D eigenvalue weighted by Gasteiger charge is 2.33. The first-order valence-corrected chi connectivity index (χ1v) is 4.93. The van der Waals surface area contributed by atoms with Gasteiger partial charge in [0.05, 0.1) is 6.07 Å². The van der Waals surface area contributed by atoms with E-state index in [1.165, 1.54) is 19.3 Å². The molecular formula is C10H18N2. The van der Waals surface area contributed by atoms with Crippen LogP contribution in [-0.4, -0.2) is 5.54 Å². The van der Waals surface area contributed by atoms with Gasteiger partial charge in [-0.3, -0.25) is 0 Å². The first-order valence-electron chi connectivity index (χ1n) is 4.93. The summed E-state index contributed by atoms with van der Waals surface area (Å²) in [6, 6.07) is 2.28. The molecule has 2 heteroatoms. The summed E-state index contributed by atoms with van der Waals surface area (Å²) in [6.45, 7) is 2.01. The minimum absolute atomic E-state index is 0.446. The van der Waals surface area contributed by atoms with Crippen molar-refractivity contribution in [2.75, 3.05) is 0 Å². The molecule has 0 saturated heterocycles. The van der Waals surface area contributed by atoms with Gasteiger partial charge in [-0.1, -0.05) is 26.2 Å². The standard InChI is InChI=1S/C10H18N2/c1-2-10(12,8-11)9-6-4-3-5-7-9/h9H,2-7,12H2,1H3. The summed E-state index contributed by atoms with van der Waals surface area (Å²) in [7, 11) is 0. The van der Waals surface area contributed by atoms with Crippen LogP contribution in [0.15, 0.2) is 0 Å². The van der Waals surface area contributed by atoms with Crippen molar-refractivity contribution in [3.63, 3.8) is 0 Å². The van der Waals surface area contributed by atoms with Gasteiger partial charge in [-0.25, -0.2) is 0 Å². The largest absolute Gasteiger partial charge is 0.313 e. The first kappa shape index (κ1) is 9.54. The van der Waals surface area contributed by atoms with Crippen molar-refractivity contribution in [3.05, 3.63) is 0 Å². The molecule has 0 aromatic carbocycles. The summed E-state index contributed by atoms with van der Waals surface area (Å²) in [5, 5.41) is 8.96. The molecule has 0 aromatic rings. The Balaban J connectivity index is 2.59. The Morgan fingerprint density at radius 2 is 2.00 bits per heavy atom. The normalized spacial score (nSPS) is 24.4. The molecule has 0 bridgehead atoms. The van der Waals surface area contributed by atoms with Gasteiger partial charge in [0.15, 0.2) is 0 Å². The minimum atomic E-state index is -0.541. The highest BCUT2D eigenvalue weighted by atomic mass is 14.8. The van der Waals surface area contributed by atoms with Gasteiger partial charge in [-0.05, 0) is 25.2 Å². The van der Waals surface area contributed by atoms with E-state index in [2.05, 4.69) is 6.07 Å². The molecule has 0 aliphatic heterocycles. The van der Waals surface area contributed by atoms with Gasteiger partial charge >= 0.3 is 0 Å². The van der Waals surface area contributed by atoms with Crippen LogP contribution in [0.2, 0.25) is 0 Å².